The Labute approximate surface area is 244 Å². The van der Waals surface area contributed by atoms with Crippen molar-refractivity contribution in [2.75, 3.05) is 0 Å². The van der Waals surface area contributed by atoms with Crippen molar-refractivity contribution in [1.29, 1.82) is 0 Å². The van der Waals surface area contributed by atoms with E-state index in [1.54, 1.807) is 0 Å². The molecule has 0 atom stereocenters. The third-order valence-corrected chi connectivity index (χ3v) is 11.3. The highest BCUT2D eigenvalue weighted by atomic mass is 31.2. The SMILES string of the molecule is O=P(c1ccccc1)(c1ccccc1)c1ccc(-c2cc3c4ccccc4c4ccccc4c3c3ccccc23)cn1. The molecule has 0 fully saturated rings. The van der Waals surface area contributed by atoms with Crippen LogP contribution in [0.1, 0.15) is 0 Å². The Morgan fingerprint density at radius 1 is 0.429 bits per heavy atom. The summed E-state index contributed by atoms with van der Waals surface area (Å²) in [5, 5.41) is 11.5. The minimum absolute atomic E-state index is 0.588. The van der Waals surface area contributed by atoms with Gasteiger partial charge in [-0.1, -0.05) is 140 Å². The highest BCUT2D eigenvalue weighted by Gasteiger charge is 2.31. The average Bonchev–Trinajstić information content (AvgIpc) is 3.08. The maximum absolute atomic E-state index is 14.9. The van der Waals surface area contributed by atoms with Crippen LogP contribution in [0.4, 0.5) is 0 Å². The lowest BCUT2D eigenvalue weighted by Gasteiger charge is -2.19. The number of aromatic nitrogens is 1. The van der Waals surface area contributed by atoms with Gasteiger partial charge in [0.15, 0.2) is 7.14 Å². The lowest BCUT2D eigenvalue weighted by Crippen LogP contribution is -2.26. The summed E-state index contributed by atoms with van der Waals surface area (Å²) in [6.45, 7) is 0. The normalized spacial score (nSPS) is 11.9. The molecule has 3 heteroatoms. The van der Waals surface area contributed by atoms with E-state index in [1.807, 2.05) is 72.9 Å². The molecule has 0 spiro atoms. The number of benzene rings is 7. The average molecular weight is 556 g/mol. The predicted molar refractivity (Wildman–Crippen MR) is 179 cm³/mol. The standard InChI is InChI=1S/C39H26NOP/c41-42(28-13-3-1-4-14-28,29-15-5-2-6-16-29)38-24-23-27(26-40-38)36-25-37-32-19-8-7-17-30(32)31-18-9-11-21-34(31)39(37)35-22-12-10-20-33(35)36/h1-26H. The molecule has 1 heterocycles. The maximum Gasteiger partial charge on any atom is 0.188 e. The second-order valence-corrected chi connectivity index (χ2v) is 13.4. The highest BCUT2D eigenvalue weighted by molar-refractivity contribution is 7.85. The van der Waals surface area contributed by atoms with Crippen LogP contribution in [0.5, 0.6) is 0 Å². The van der Waals surface area contributed by atoms with Crippen molar-refractivity contribution in [2.45, 2.75) is 0 Å². The van der Waals surface area contributed by atoms with Gasteiger partial charge in [-0.3, -0.25) is 4.98 Å². The van der Waals surface area contributed by atoms with Gasteiger partial charge >= 0.3 is 0 Å². The van der Waals surface area contributed by atoms with Gasteiger partial charge in [0.25, 0.3) is 0 Å². The number of nitrogens with zero attached hydrogens (tertiary/aromatic N) is 1. The van der Waals surface area contributed by atoms with Gasteiger partial charge in [-0.25, -0.2) is 0 Å². The number of fused-ring (bicyclic) bond motifs is 8. The second kappa shape index (κ2) is 9.80. The van der Waals surface area contributed by atoms with Crippen molar-refractivity contribution >= 4 is 66.3 Å². The number of rotatable bonds is 4. The van der Waals surface area contributed by atoms with E-state index >= 15 is 0 Å². The smallest absolute Gasteiger partial charge is 0.188 e. The van der Waals surface area contributed by atoms with E-state index in [2.05, 4.69) is 84.9 Å². The Balaban J connectivity index is 1.38. The first-order valence-corrected chi connectivity index (χ1v) is 15.9. The van der Waals surface area contributed by atoms with Crippen LogP contribution in [0.3, 0.4) is 0 Å². The first-order valence-electron chi connectivity index (χ1n) is 14.2. The van der Waals surface area contributed by atoms with Crippen LogP contribution in [0.2, 0.25) is 0 Å². The highest BCUT2D eigenvalue weighted by Crippen LogP contribution is 2.44. The van der Waals surface area contributed by atoms with Crippen molar-refractivity contribution in [2.24, 2.45) is 0 Å². The van der Waals surface area contributed by atoms with Crippen molar-refractivity contribution in [3.05, 3.63) is 158 Å². The van der Waals surface area contributed by atoms with Gasteiger partial charge in [0.05, 0.1) is 0 Å². The van der Waals surface area contributed by atoms with E-state index in [4.69, 9.17) is 4.98 Å². The molecule has 0 unspecified atom stereocenters. The molecular formula is C39H26NOP. The fourth-order valence-electron chi connectivity index (χ4n) is 6.43. The number of hydrogen-bond donors (Lipinski definition) is 0. The van der Waals surface area contributed by atoms with Crippen molar-refractivity contribution < 1.29 is 4.57 Å². The van der Waals surface area contributed by atoms with E-state index in [0.717, 1.165) is 21.7 Å². The van der Waals surface area contributed by atoms with E-state index < -0.39 is 7.14 Å². The Bertz CT molecular complexity index is 2270. The molecule has 0 aliphatic rings. The molecule has 8 aromatic rings. The lowest BCUT2D eigenvalue weighted by atomic mass is 9.88. The minimum atomic E-state index is -3.15. The summed E-state index contributed by atoms with van der Waals surface area (Å²) in [7, 11) is -3.15. The molecule has 0 N–H and O–H groups in total. The quantitative estimate of drug-likeness (QED) is 0.160. The molecule has 0 amide bonds. The third kappa shape index (κ3) is 3.73. The Morgan fingerprint density at radius 3 is 1.43 bits per heavy atom. The van der Waals surface area contributed by atoms with Gasteiger partial charge in [0.2, 0.25) is 0 Å². The lowest BCUT2D eigenvalue weighted by molar-refractivity contribution is 0.592. The molecular weight excluding hydrogens is 529 g/mol. The first kappa shape index (κ1) is 24.7. The van der Waals surface area contributed by atoms with E-state index in [1.165, 1.54) is 43.1 Å². The van der Waals surface area contributed by atoms with Gasteiger partial charge in [0, 0.05) is 22.4 Å². The van der Waals surface area contributed by atoms with Crippen molar-refractivity contribution in [3.63, 3.8) is 0 Å². The summed E-state index contributed by atoms with van der Waals surface area (Å²) in [5.74, 6) is 0. The fourth-order valence-corrected chi connectivity index (χ4v) is 8.94. The molecule has 198 valence electrons. The molecule has 0 bridgehead atoms. The van der Waals surface area contributed by atoms with Crippen LogP contribution in [0.25, 0.3) is 54.2 Å². The Hall–Kier alpha value is -5.04. The largest absolute Gasteiger partial charge is 0.307 e. The van der Waals surface area contributed by atoms with E-state index in [0.29, 0.717) is 5.44 Å². The second-order valence-electron chi connectivity index (χ2n) is 10.7. The van der Waals surface area contributed by atoms with E-state index in [-0.39, 0.29) is 0 Å². The first-order chi connectivity index (χ1) is 20.7. The van der Waals surface area contributed by atoms with Crippen LogP contribution < -0.4 is 16.0 Å². The predicted octanol–water partition coefficient (Wildman–Crippen LogP) is 9.00. The van der Waals surface area contributed by atoms with Crippen molar-refractivity contribution in [1.82, 2.24) is 4.98 Å². The molecule has 0 aliphatic heterocycles. The summed E-state index contributed by atoms with van der Waals surface area (Å²) < 4.78 is 14.9. The van der Waals surface area contributed by atoms with Gasteiger partial charge < -0.3 is 4.57 Å². The number of pyridine rings is 1. The van der Waals surface area contributed by atoms with Crippen LogP contribution >= 0.6 is 7.14 Å². The van der Waals surface area contributed by atoms with E-state index in [9.17, 15) is 4.57 Å². The van der Waals surface area contributed by atoms with Crippen LogP contribution in [-0.4, -0.2) is 4.98 Å². The zero-order valence-electron chi connectivity index (χ0n) is 22.8. The zero-order valence-corrected chi connectivity index (χ0v) is 23.7. The topological polar surface area (TPSA) is 30.0 Å². The Kier molecular flexibility index (Phi) is 5.77. The monoisotopic (exact) mass is 555 g/mol. The number of hydrogen-bond acceptors (Lipinski definition) is 2. The maximum atomic E-state index is 14.9. The van der Waals surface area contributed by atoms with Crippen LogP contribution in [0, 0.1) is 0 Å². The summed E-state index contributed by atoms with van der Waals surface area (Å²) in [6.07, 6.45) is 1.89. The summed E-state index contributed by atoms with van der Waals surface area (Å²) in [6, 6.07) is 51.8. The van der Waals surface area contributed by atoms with Crippen LogP contribution in [-0.2, 0) is 4.57 Å². The molecule has 1 aromatic heterocycles. The molecule has 0 radical (unpaired) electrons. The summed E-state index contributed by atoms with van der Waals surface area (Å²) in [4.78, 5) is 4.92. The van der Waals surface area contributed by atoms with Crippen molar-refractivity contribution in [3.8, 4) is 11.1 Å². The van der Waals surface area contributed by atoms with Crippen LogP contribution in [0.15, 0.2) is 158 Å². The third-order valence-electron chi connectivity index (χ3n) is 8.37. The van der Waals surface area contributed by atoms with Gasteiger partial charge in [-0.2, -0.15) is 0 Å². The zero-order chi connectivity index (χ0) is 28.1. The summed E-state index contributed by atoms with van der Waals surface area (Å²) in [5.41, 5.74) is 2.71. The molecule has 0 saturated heterocycles. The minimum Gasteiger partial charge on any atom is -0.307 e. The molecule has 7 aromatic carbocycles. The molecule has 0 aliphatic carbocycles. The van der Waals surface area contributed by atoms with Gasteiger partial charge in [-0.15, -0.1) is 0 Å². The molecule has 8 rings (SSSR count). The Morgan fingerprint density at radius 2 is 0.881 bits per heavy atom. The fraction of sp³-hybridized carbons (Fsp3) is 0. The molecule has 2 nitrogen and oxygen atoms in total. The summed E-state index contributed by atoms with van der Waals surface area (Å²) >= 11 is 0. The van der Waals surface area contributed by atoms with Gasteiger partial charge in [0.1, 0.15) is 5.44 Å². The molecule has 0 saturated carbocycles. The van der Waals surface area contributed by atoms with Gasteiger partial charge in [-0.05, 0) is 60.8 Å². The molecule has 42 heavy (non-hydrogen) atoms.